The van der Waals surface area contributed by atoms with Gasteiger partial charge >= 0.3 is 0 Å². The second-order valence-corrected chi connectivity index (χ2v) is 4.73. The summed E-state index contributed by atoms with van der Waals surface area (Å²) in [5.74, 6) is 0. The maximum absolute atomic E-state index is 8.98. The minimum atomic E-state index is 0.190. The Kier molecular flexibility index (Phi) is 3.72. The summed E-state index contributed by atoms with van der Waals surface area (Å²) in [6, 6.07) is 4.29. The van der Waals surface area contributed by atoms with Crippen molar-refractivity contribution in [1.82, 2.24) is 10.2 Å². The molecule has 5 heteroatoms. The number of aromatic nitrogens is 2. The van der Waals surface area contributed by atoms with Crippen LogP contribution in [0.4, 0.5) is 11.4 Å². The van der Waals surface area contributed by atoms with Crippen LogP contribution in [0.25, 0.3) is 10.9 Å². The Morgan fingerprint density at radius 1 is 1.44 bits per heavy atom. The maximum atomic E-state index is 8.98. The molecule has 2 aromatic rings. The summed E-state index contributed by atoms with van der Waals surface area (Å²) in [5.41, 5.74) is 8.83. The molecule has 0 aliphatic heterocycles. The molecular weight excluding hydrogens is 228 g/mol. The molecule has 98 valence electrons. The number of benzene rings is 1. The Hall–Kier alpha value is -1.75. The fraction of sp³-hybridized carbons (Fsp3) is 0.462. The molecule has 1 aromatic carbocycles. The number of H-pyrrole nitrogens is 1. The average molecular weight is 248 g/mol. The van der Waals surface area contributed by atoms with Crippen LogP contribution in [0.2, 0.25) is 0 Å². The van der Waals surface area contributed by atoms with Gasteiger partial charge in [-0.3, -0.25) is 5.10 Å². The van der Waals surface area contributed by atoms with E-state index >= 15 is 0 Å². The van der Waals surface area contributed by atoms with Gasteiger partial charge in [-0.25, -0.2) is 0 Å². The number of rotatable bonds is 5. The SMILES string of the molecule is CC(C)N(CCCO)c1cc2[nH]ncc2cc1N. The topological polar surface area (TPSA) is 78.2 Å². The van der Waals surface area contributed by atoms with Crippen molar-refractivity contribution in [2.24, 2.45) is 0 Å². The van der Waals surface area contributed by atoms with E-state index in [2.05, 4.69) is 28.9 Å². The Morgan fingerprint density at radius 2 is 2.22 bits per heavy atom. The molecule has 0 aliphatic rings. The van der Waals surface area contributed by atoms with Crippen molar-refractivity contribution >= 4 is 22.3 Å². The first kappa shape index (κ1) is 12.7. The molecule has 1 heterocycles. The van der Waals surface area contributed by atoms with Gasteiger partial charge in [0.15, 0.2) is 0 Å². The van der Waals surface area contributed by atoms with Crippen LogP contribution in [0.3, 0.4) is 0 Å². The summed E-state index contributed by atoms with van der Waals surface area (Å²) in [6.45, 7) is 5.22. The Morgan fingerprint density at radius 3 is 2.89 bits per heavy atom. The number of nitrogens with two attached hydrogens (primary N) is 1. The Bertz CT molecular complexity index is 521. The summed E-state index contributed by atoms with van der Waals surface area (Å²) in [5, 5.41) is 17.0. The van der Waals surface area contributed by atoms with Gasteiger partial charge < -0.3 is 15.7 Å². The van der Waals surface area contributed by atoms with Gasteiger partial charge in [0.2, 0.25) is 0 Å². The minimum Gasteiger partial charge on any atom is -0.397 e. The normalized spacial score (nSPS) is 11.3. The van der Waals surface area contributed by atoms with E-state index in [0.717, 1.165) is 35.2 Å². The minimum absolute atomic E-state index is 0.190. The zero-order valence-electron chi connectivity index (χ0n) is 10.8. The lowest BCUT2D eigenvalue weighted by molar-refractivity contribution is 0.288. The van der Waals surface area contributed by atoms with Crippen molar-refractivity contribution in [2.45, 2.75) is 26.3 Å². The van der Waals surface area contributed by atoms with Gasteiger partial charge in [-0.05, 0) is 32.4 Å². The van der Waals surface area contributed by atoms with E-state index in [4.69, 9.17) is 10.8 Å². The molecule has 0 fully saturated rings. The first-order valence-electron chi connectivity index (χ1n) is 6.23. The van der Waals surface area contributed by atoms with Crippen LogP contribution in [-0.4, -0.2) is 34.5 Å². The van der Waals surface area contributed by atoms with E-state index in [1.807, 2.05) is 12.1 Å². The second kappa shape index (κ2) is 5.27. The van der Waals surface area contributed by atoms with E-state index < -0.39 is 0 Å². The molecule has 0 spiro atoms. The zero-order chi connectivity index (χ0) is 13.1. The van der Waals surface area contributed by atoms with Crippen molar-refractivity contribution in [2.75, 3.05) is 23.8 Å². The van der Waals surface area contributed by atoms with Gasteiger partial charge in [0, 0.05) is 24.6 Å². The van der Waals surface area contributed by atoms with Crippen molar-refractivity contribution in [3.8, 4) is 0 Å². The van der Waals surface area contributed by atoms with Gasteiger partial charge in [0.1, 0.15) is 0 Å². The van der Waals surface area contributed by atoms with E-state index in [1.165, 1.54) is 0 Å². The second-order valence-electron chi connectivity index (χ2n) is 4.73. The van der Waals surface area contributed by atoms with E-state index in [9.17, 15) is 0 Å². The molecule has 0 bridgehead atoms. The molecule has 1 aromatic heterocycles. The number of nitrogen functional groups attached to an aromatic ring is 1. The van der Waals surface area contributed by atoms with Crippen LogP contribution < -0.4 is 10.6 Å². The lowest BCUT2D eigenvalue weighted by Gasteiger charge is -2.30. The molecule has 0 saturated carbocycles. The smallest absolute Gasteiger partial charge is 0.0672 e. The largest absolute Gasteiger partial charge is 0.397 e. The lowest BCUT2D eigenvalue weighted by Crippen LogP contribution is -2.32. The van der Waals surface area contributed by atoms with Gasteiger partial charge in [0.25, 0.3) is 0 Å². The zero-order valence-corrected chi connectivity index (χ0v) is 10.8. The highest BCUT2D eigenvalue weighted by Gasteiger charge is 2.14. The molecule has 0 aliphatic carbocycles. The van der Waals surface area contributed by atoms with Crippen molar-refractivity contribution < 1.29 is 5.11 Å². The highest BCUT2D eigenvalue weighted by molar-refractivity contribution is 5.89. The fourth-order valence-corrected chi connectivity index (χ4v) is 2.14. The molecule has 4 N–H and O–H groups in total. The molecule has 0 saturated heterocycles. The van der Waals surface area contributed by atoms with E-state index in [1.54, 1.807) is 6.20 Å². The Balaban J connectivity index is 2.38. The predicted molar refractivity (Wildman–Crippen MR) is 74.7 cm³/mol. The number of aliphatic hydroxyl groups excluding tert-OH is 1. The van der Waals surface area contributed by atoms with Crippen LogP contribution in [0.5, 0.6) is 0 Å². The molecule has 0 amide bonds. The van der Waals surface area contributed by atoms with Crippen molar-refractivity contribution in [1.29, 1.82) is 0 Å². The number of nitrogens with zero attached hydrogens (tertiary/aromatic N) is 2. The first-order chi connectivity index (χ1) is 8.63. The summed E-state index contributed by atoms with van der Waals surface area (Å²) in [4.78, 5) is 2.20. The summed E-state index contributed by atoms with van der Waals surface area (Å²) >= 11 is 0. The number of hydrogen-bond acceptors (Lipinski definition) is 4. The number of aromatic amines is 1. The summed E-state index contributed by atoms with van der Waals surface area (Å²) < 4.78 is 0. The van der Waals surface area contributed by atoms with Crippen molar-refractivity contribution in [3.05, 3.63) is 18.3 Å². The molecule has 0 atom stereocenters. The molecule has 2 rings (SSSR count). The quantitative estimate of drug-likeness (QED) is 0.704. The number of fused-ring (bicyclic) bond motifs is 1. The van der Waals surface area contributed by atoms with Gasteiger partial charge in [-0.2, -0.15) is 5.10 Å². The van der Waals surface area contributed by atoms with Crippen molar-refractivity contribution in [3.63, 3.8) is 0 Å². The number of anilines is 2. The molecule has 0 unspecified atom stereocenters. The van der Waals surface area contributed by atoms with Crippen LogP contribution in [0.15, 0.2) is 18.3 Å². The third-order valence-electron chi connectivity index (χ3n) is 3.08. The van der Waals surface area contributed by atoms with Crippen LogP contribution in [0, 0.1) is 0 Å². The average Bonchev–Trinajstić information content (AvgIpc) is 2.76. The van der Waals surface area contributed by atoms with Crippen LogP contribution >= 0.6 is 0 Å². The highest BCUT2D eigenvalue weighted by Crippen LogP contribution is 2.29. The van der Waals surface area contributed by atoms with Crippen LogP contribution in [-0.2, 0) is 0 Å². The lowest BCUT2D eigenvalue weighted by atomic mass is 10.1. The van der Waals surface area contributed by atoms with Crippen LogP contribution in [0.1, 0.15) is 20.3 Å². The molecule has 5 nitrogen and oxygen atoms in total. The Labute approximate surface area is 107 Å². The number of nitrogens with one attached hydrogen (secondary N) is 1. The number of hydrogen-bond donors (Lipinski definition) is 3. The maximum Gasteiger partial charge on any atom is 0.0672 e. The standard InChI is InChI=1S/C13H20N4O/c1-9(2)17(4-3-5-18)13-7-12-10(6-11(13)14)8-15-16-12/h6-9,18H,3-5,14H2,1-2H3,(H,15,16). The van der Waals surface area contributed by atoms with E-state index in [0.29, 0.717) is 6.04 Å². The molecular formula is C13H20N4O. The van der Waals surface area contributed by atoms with Gasteiger partial charge in [-0.1, -0.05) is 0 Å². The monoisotopic (exact) mass is 248 g/mol. The third-order valence-corrected chi connectivity index (χ3v) is 3.08. The third kappa shape index (κ3) is 2.41. The van der Waals surface area contributed by atoms with Gasteiger partial charge in [-0.15, -0.1) is 0 Å². The van der Waals surface area contributed by atoms with E-state index in [-0.39, 0.29) is 6.61 Å². The highest BCUT2D eigenvalue weighted by atomic mass is 16.3. The molecule has 18 heavy (non-hydrogen) atoms. The summed E-state index contributed by atoms with van der Waals surface area (Å²) in [7, 11) is 0. The predicted octanol–water partition coefficient (Wildman–Crippen LogP) is 1.74. The van der Waals surface area contributed by atoms with Gasteiger partial charge in [0.05, 0.1) is 23.1 Å². The molecule has 0 radical (unpaired) electrons. The fourth-order valence-electron chi connectivity index (χ4n) is 2.14. The summed E-state index contributed by atoms with van der Waals surface area (Å²) in [6.07, 6.45) is 2.50. The number of aliphatic hydroxyl groups is 1. The first-order valence-corrected chi connectivity index (χ1v) is 6.23.